The normalized spacial score (nSPS) is 15.4. The number of hydrogen-bond donors (Lipinski definition) is 1. The van der Waals surface area contributed by atoms with Gasteiger partial charge in [0.05, 0.1) is 12.3 Å². The highest BCUT2D eigenvalue weighted by Crippen LogP contribution is 2.19. The highest BCUT2D eigenvalue weighted by Gasteiger charge is 2.37. The minimum Gasteiger partial charge on any atom is -0.380 e. The van der Waals surface area contributed by atoms with Gasteiger partial charge in [-0.3, -0.25) is 14.9 Å². The Kier molecular flexibility index (Phi) is 2.88. The summed E-state index contributed by atoms with van der Waals surface area (Å²) < 4.78 is 4.95. The summed E-state index contributed by atoms with van der Waals surface area (Å²) in [4.78, 5) is 34.7. The van der Waals surface area contributed by atoms with Crippen LogP contribution in [-0.4, -0.2) is 25.0 Å². The van der Waals surface area contributed by atoms with E-state index in [0.717, 1.165) is 10.5 Å². The van der Waals surface area contributed by atoms with E-state index < -0.39 is 17.8 Å². The smallest absolute Gasteiger partial charge is 0.336 e. The van der Waals surface area contributed by atoms with Gasteiger partial charge in [0.15, 0.2) is 0 Å². The third-order valence-electron chi connectivity index (χ3n) is 2.30. The summed E-state index contributed by atoms with van der Waals surface area (Å²) in [6.45, 7) is 0.367. The van der Waals surface area contributed by atoms with Crippen LogP contribution in [0.5, 0.6) is 0 Å². The molecule has 1 heterocycles. The van der Waals surface area contributed by atoms with Crippen LogP contribution in [-0.2, 0) is 20.9 Å². The minimum atomic E-state index is -0.910. The molecule has 17 heavy (non-hydrogen) atoms. The number of imide groups is 2. The highest BCUT2D eigenvalue weighted by molar-refractivity contribution is 6.53. The molecule has 0 atom stereocenters. The first-order valence-electron chi connectivity index (χ1n) is 4.91. The lowest BCUT2D eigenvalue weighted by molar-refractivity contribution is -0.134. The fraction of sp³-hybridized carbons (Fsp3) is 0.182. The van der Waals surface area contributed by atoms with E-state index in [2.05, 4.69) is 0 Å². The summed E-state index contributed by atoms with van der Waals surface area (Å²) in [5.41, 5.74) is 1.16. The van der Waals surface area contributed by atoms with Crippen molar-refractivity contribution in [1.29, 1.82) is 0 Å². The molecule has 1 aromatic carbocycles. The second-order valence-electron chi connectivity index (χ2n) is 3.50. The van der Waals surface area contributed by atoms with Crippen LogP contribution >= 0.6 is 0 Å². The lowest BCUT2D eigenvalue weighted by Crippen LogP contribution is -2.30. The van der Waals surface area contributed by atoms with Gasteiger partial charge in [-0.1, -0.05) is 12.1 Å². The Hall–Kier alpha value is -2.21. The van der Waals surface area contributed by atoms with Crippen LogP contribution in [0.2, 0.25) is 0 Å². The Bertz CT molecular complexity index is 498. The first kappa shape index (κ1) is 11.3. The SMILES string of the molecule is COCc1cccc(N2C(=O)NC(=O)C2=O)c1. The van der Waals surface area contributed by atoms with Gasteiger partial charge in [-0.2, -0.15) is 0 Å². The maximum Gasteiger partial charge on any atom is 0.336 e. The monoisotopic (exact) mass is 234 g/mol. The Morgan fingerprint density at radius 1 is 1.29 bits per heavy atom. The number of methoxy groups -OCH3 is 1. The van der Waals surface area contributed by atoms with E-state index in [1.165, 1.54) is 0 Å². The molecular formula is C11H10N2O4. The number of hydrogen-bond acceptors (Lipinski definition) is 4. The van der Waals surface area contributed by atoms with Crippen molar-refractivity contribution >= 4 is 23.5 Å². The number of ether oxygens (including phenoxy) is 1. The molecule has 1 aliphatic heterocycles. The third kappa shape index (κ3) is 2.02. The van der Waals surface area contributed by atoms with E-state index in [4.69, 9.17) is 4.74 Å². The molecule has 6 heteroatoms. The van der Waals surface area contributed by atoms with Gasteiger partial charge in [-0.15, -0.1) is 0 Å². The zero-order chi connectivity index (χ0) is 12.4. The van der Waals surface area contributed by atoms with Crippen LogP contribution in [0, 0.1) is 0 Å². The zero-order valence-corrected chi connectivity index (χ0v) is 9.10. The van der Waals surface area contributed by atoms with Crippen LogP contribution in [0.3, 0.4) is 0 Å². The van der Waals surface area contributed by atoms with Gasteiger partial charge < -0.3 is 4.74 Å². The summed E-state index contributed by atoms with van der Waals surface area (Å²) in [6, 6.07) is 5.96. The van der Waals surface area contributed by atoms with Gasteiger partial charge in [0.1, 0.15) is 0 Å². The molecule has 1 aliphatic rings. The van der Waals surface area contributed by atoms with E-state index in [9.17, 15) is 14.4 Å². The lowest BCUT2D eigenvalue weighted by Gasteiger charge is -2.12. The third-order valence-corrected chi connectivity index (χ3v) is 2.30. The molecule has 1 saturated heterocycles. The number of benzene rings is 1. The molecule has 0 bridgehead atoms. The molecule has 6 nitrogen and oxygen atoms in total. The second kappa shape index (κ2) is 4.34. The number of urea groups is 1. The number of nitrogens with zero attached hydrogens (tertiary/aromatic N) is 1. The van der Waals surface area contributed by atoms with Crippen molar-refractivity contribution in [2.45, 2.75) is 6.61 Å². The van der Waals surface area contributed by atoms with Crippen molar-refractivity contribution in [3.63, 3.8) is 0 Å². The average Bonchev–Trinajstić information content (AvgIpc) is 2.54. The maximum absolute atomic E-state index is 11.4. The van der Waals surface area contributed by atoms with Crippen molar-refractivity contribution in [3.05, 3.63) is 29.8 Å². The molecule has 0 aliphatic carbocycles. The molecule has 0 saturated carbocycles. The van der Waals surface area contributed by atoms with Crippen molar-refractivity contribution in [2.75, 3.05) is 12.0 Å². The van der Waals surface area contributed by atoms with Crippen LogP contribution in [0.1, 0.15) is 5.56 Å². The Morgan fingerprint density at radius 2 is 2.06 bits per heavy atom. The molecule has 1 fully saturated rings. The van der Waals surface area contributed by atoms with E-state index in [0.29, 0.717) is 12.3 Å². The highest BCUT2D eigenvalue weighted by atomic mass is 16.5. The molecule has 0 radical (unpaired) electrons. The van der Waals surface area contributed by atoms with E-state index in [1.54, 1.807) is 31.4 Å². The maximum atomic E-state index is 11.4. The Balaban J connectivity index is 2.33. The van der Waals surface area contributed by atoms with E-state index >= 15 is 0 Å². The first-order chi connectivity index (χ1) is 8.13. The lowest BCUT2D eigenvalue weighted by atomic mass is 10.2. The van der Waals surface area contributed by atoms with Crippen LogP contribution in [0.15, 0.2) is 24.3 Å². The summed E-state index contributed by atoms with van der Waals surface area (Å²) in [6.07, 6.45) is 0. The zero-order valence-electron chi connectivity index (χ0n) is 9.10. The number of rotatable bonds is 3. The summed E-state index contributed by atoms with van der Waals surface area (Å²) in [5, 5.41) is 1.93. The van der Waals surface area contributed by atoms with E-state index in [-0.39, 0.29) is 0 Å². The van der Waals surface area contributed by atoms with Crippen molar-refractivity contribution in [2.24, 2.45) is 0 Å². The fourth-order valence-corrected chi connectivity index (χ4v) is 1.59. The molecule has 4 amide bonds. The van der Waals surface area contributed by atoms with Gasteiger partial charge in [0.2, 0.25) is 0 Å². The fourth-order valence-electron chi connectivity index (χ4n) is 1.59. The quantitative estimate of drug-likeness (QED) is 0.607. The molecule has 0 aromatic heterocycles. The van der Waals surface area contributed by atoms with Gasteiger partial charge in [0, 0.05) is 7.11 Å². The van der Waals surface area contributed by atoms with Gasteiger partial charge in [-0.25, -0.2) is 9.69 Å². The second-order valence-corrected chi connectivity index (χ2v) is 3.50. The van der Waals surface area contributed by atoms with Gasteiger partial charge >= 0.3 is 17.8 Å². The standard InChI is InChI=1S/C11H10N2O4/c1-17-6-7-3-2-4-8(5-7)13-10(15)9(14)12-11(13)16/h2-5H,6H2,1H3,(H,12,14,16). The van der Waals surface area contributed by atoms with Crippen molar-refractivity contribution in [1.82, 2.24) is 5.32 Å². The number of carbonyl (C=O) groups is 3. The number of nitrogens with one attached hydrogen (secondary N) is 1. The van der Waals surface area contributed by atoms with Crippen molar-refractivity contribution < 1.29 is 19.1 Å². The number of amides is 4. The average molecular weight is 234 g/mol. The molecule has 2 rings (SSSR count). The van der Waals surface area contributed by atoms with Crippen LogP contribution in [0.4, 0.5) is 10.5 Å². The largest absolute Gasteiger partial charge is 0.380 e. The van der Waals surface area contributed by atoms with Crippen LogP contribution < -0.4 is 10.2 Å². The molecule has 0 spiro atoms. The van der Waals surface area contributed by atoms with Crippen LogP contribution in [0.25, 0.3) is 0 Å². The molecule has 0 unspecified atom stereocenters. The molecule has 88 valence electrons. The topological polar surface area (TPSA) is 75.7 Å². The van der Waals surface area contributed by atoms with Crippen molar-refractivity contribution in [3.8, 4) is 0 Å². The predicted molar refractivity (Wildman–Crippen MR) is 58.2 cm³/mol. The summed E-state index contributed by atoms with van der Waals surface area (Å²) >= 11 is 0. The number of carbonyl (C=O) groups excluding carboxylic acids is 3. The summed E-state index contributed by atoms with van der Waals surface area (Å²) in [5.74, 6) is -1.78. The Labute approximate surface area is 97.2 Å². The molecule has 1 N–H and O–H groups in total. The molecule has 1 aromatic rings. The number of anilines is 1. The summed E-state index contributed by atoms with van der Waals surface area (Å²) in [7, 11) is 1.55. The molecular weight excluding hydrogens is 224 g/mol. The predicted octanol–water partition coefficient (Wildman–Crippen LogP) is 0.416. The van der Waals surface area contributed by atoms with Gasteiger partial charge in [-0.05, 0) is 17.7 Å². The van der Waals surface area contributed by atoms with Gasteiger partial charge in [0.25, 0.3) is 0 Å². The Morgan fingerprint density at radius 3 is 2.65 bits per heavy atom. The minimum absolute atomic E-state index is 0.355. The first-order valence-corrected chi connectivity index (χ1v) is 4.91. The van der Waals surface area contributed by atoms with E-state index in [1.807, 2.05) is 5.32 Å².